The highest BCUT2D eigenvalue weighted by Crippen LogP contribution is 2.29. The van der Waals surface area contributed by atoms with Crippen LogP contribution in [0.15, 0.2) is 30.7 Å². The smallest absolute Gasteiger partial charge is 0.224 e. The predicted molar refractivity (Wildman–Crippen MR) is 66.6 cm³/mol. The Morgan fingerprint density at radius 1 is 1.20 bits per heavy atom. The van der Waals surface area contributed by atoms with Crippen molar-refractivity contribution in [2.75, 3.05) is 0 Å². The average Bonchev–Trinajstić information content (AvgIpc) is 2.84. The zero-order valence-corrected chi connectivity index (χ0v) is 10.5. The van der Waals surface area contributed by atoms with E-state index >= 15 is 0 Å². The van der Waals surface area contributed by atoms with Gasteiger partial charge in [-0.2, -0.15) is 5.10 Å². The maximum absolute atomic E-state index is 13.1. The number of alkyl halides is 2. The second-order valence-corrected chi connectivity index (χ2v) is 4.32. The van der Waals surface area contributed by atoms with Crippen LogP contribution in [-0.4, -0.2) is 19.7 Å². The molecule has 0 aliphatic heterocycles. The summed E-state index contributed by atoms with van der Waals surface area (Å²) in [6, 6.07) is 3.08. The van der Waals surface area contributed by atoms with Crippen molar-refractivity contribution in [3.05, 3.63) is 47.3 Å². The van der Waals surface area contributed by atoms with Crippen molar-refractivity contribution in [3.63, 3.8) is 0 Å². The van der Waals surface area contributed by atoms with E-state index in [9.17, 15) is 13.2 Å². The number of aromatic nitrogens is 4. The van der Waals surface area contributed by atoms with Crippen LogP contribution in [0.4, 0.5) is 13.2 Å². The van der Waals surface area contributed by atoms with Crippen LogP contribution in [-0.2, 0) is 0 Å². The lowest BCUT2D eigenvalue weighted by atomic mass is 10.2. The minimum atomic E-state index is -2.84. The van der Waals surface area contributed by atoms with E-state index in [1.54, 1.807) is 0 Å². The summed E-state index contributed by atoms with van der Waals surface area (Å²) in [6.45, 7) is 0. The fraction of sp³-hybridized carbons (Fsp3) is 0.0833. The van der Waals surface area contributed by atoms with Gasteiger partial charge in [0, 0.05) is 5.56 Å². The Morgan fingerprint density at radius 2 is 2.00 bits per heavy atom. The topological polar surface area (TPSA) is 43.6 Å². The van der Waals surface area contributed by atoms with E-state index in [1.165, 1.54) is 23.3 Å². The molecule has 3 aromatic rings. The molecule has 0 radical (unpaired) electrons. The normalized spacial score (nSPS) is 11.4. The van der Waals surface area contributed by atoms with Crippen molar-refractivity contribution in [1.82, 2.24) is 19.7 Å². The molecule has 20 heavy (non-hydrogen) atoms. The highest BCUT2D eigenvalue weighted by molar-refractivity contribution is 6.33. The molecule has 0 saturated carbocycles. The third kappa shape index (κ3) is 2.00. The number of benzene rings is 1. The van der Waals surface area contributed by atoms with E-state index in [2.05, 4.69) is 15.1 Å². The second-order valence-electron chi connectivity index (χ2n) is 3.96. The van der Waals surface area contributed by atoms with Crippen LogP contribution in [0.3, 0.4) is 0 Å². The minimum absolute atomic E-state index is 0.0474. The summed E-state index contributed by atoms with van der Waals surface area (Å²) in [5.74, 6) is -0.742. The van der Waals surface area contributed by atoms with Gasteiger partial charge in [-0.15, -0.1) is 0 Å². The first-order chi connectivity index (χ1) is 9.58. The van der Waals surface area contributed by atoms with E-state index in [0.717, 1.165) is 12.1 Å². The maximum atomic E-state index is 13.1. The van der Waals surface area contributed by atoms with E-state index in [-0.39, 0.29) is 16.5 Å². The largest absolute Gasteiger partial charge is 0.266 e. The number of hydrogen-bond donors (Lipinski definition) is 0. The van der Waals surface area contributed by atoms with Crippen LogP contribution in [0.1, 0.15) is 12.0 Å². The van der Waals surface area contributed by atoms with E-state index in [0.29, 0.717) is 5.39 Å². The molecule has 0 N–H and O–H groups in total. The summed E-state index contributed by atoms with van der Waals surface area (Å²) in [6.07, 6.45) is -0.262. The number of rotatable bonds is 2. The lowest BCUT2D eigenvalue weighted by Crippen LogP contribution is -2.03. The van der Waals surface area contributed by atoms with E-state index < -0.39 is 17.8 Å². The molecule has 1 aromatic carbocycles. The Kier molecular flexibility index (Phi) is 3.06. The molecule has 0 aliphatic rings. The van der Waals surface area contributed by atoms with Gasteiger partial charge in [-0.3, -0.25) is 0 Å². The molecule has 2 aromatic heterocycles. The zero-order valence-electron chi connectivity index (χ0n) is 9.76. The monoisotopic (exact) mass is 298 g/mol. The van der Waals surface area contributed by atoms with Gasteiger partial charge >= 0.3 is 0 Å². The number of halogens is 4. The Morgan fingerprint density at radius 3 is 2.75 bits per heavy atom. The van der Waals surface area contributed by atoms with Crippen molar-refractivity contribution >= 4 is 22.6 Å². The van der Waals surface area contributed by atoms with Gasteiger partial charge in [0.15, 0.2) is 5.65 Å². The van der Waals surface area contributed by atoms with Gasteiger partial charge in [0.1, 0.15) is 17.3 Å². The minimum Gasteiger partial charge on any atom is -0.224 e. The highest BCUT2D eigenvalue weighted by Gasteiger charge is 2.18. The maximum Gasteiger partial charge on any atom is 0.266 e. The molecule has 3 rings (SSSR count). The SMILES string of the molecule is Fc1ccc(-n2ncc3c(Cl)ncnc32)c(C(F)F)c1. The van der Waals surface area contributed by atoms with Crippen molar-refractivity contribution < 1.29 is 13.2 Å². The summed E-state index contributed by atoms with van der Waals surface area (Å²) in [7, 11) is 0. The molecular formula is C12H6ClF3N4. The molecular weight excluding hydrogens is 293 g/mol. The summed E-state index contributed by atoms with van der Waals surface area (Å²) < 4.78 is 40.3. The van der Waals surface area contributed by atoms with Gasteiger partial charge in [0.2, 0.25) is 0 Å². The Labute approximate surface area is 115 Å². The van der Waals surface area contributed by atoms with Crippen molar-refractivity contribution in [2.45, 2.75) is 6.43 Å². The molecule has 0 amide bonds. The number of fused-ring (bicyclic) bond motifs is 1. The third-order valence-electron chi connectivity index (χ3n) is 2.77. The fourth-order valence-corrected chi connectivity index (χ4v) is 2.06. The van der Waals surface area contributed by atoms with E-state index in [1.807, 2.05) is 0 Å². The first-order valence-corrected chi connectivity index (χ1v) is 5.88. The molecule has 8 heteroatoms. The summed E-state index contributed by atoms with van der Waals surface area (Å²) >= 11 is 5.87. The molecule has 0 fully saturated rings. The number of hydrogen-bond acceptors (Lipinski definition) is 3. The van der Waals surface area contributed by atoms with Crippen molar-refractivity contribution in [1.29, 1.82) is 0 Å². The molecule has 0 spiro atoms. The van der Waals surface area contributed by atoms with Gasteiger partial charge < -0.3 is 0 Å². The van der Waals surface area contributed by atoms with Crippen LogP contribution in [0.2, 0.25) is 5.15 Å². The predicted octanol–water partition coefficient (Wildman–Crippen LogP) is 3.55. The molecule has 0 saturated heterocycles. The van der Waals surface area contributed by atoms with Crippen LogP contribution in [0.5, 0.6) is 0 Å². The van der Waals surface area contributed by atoms with Crippen molar-refractivity contribution in [3.8, 4) is 5.69 Å². The van der Waals surface area contributed by atoms with Gasteiger partial charge in [0.25, 0.3) is 6.43 Å². The number of nitrogens with zero attached hydrogens (tertiary/aromatic N) is 4. The molecule has 102 valence electrons. The Hall–Kier alpha value is -2.15. The van der Waals surface area contributed by atoms with Gasteiger partial charge in [0.05, 0.1) is 17.3 Å². The first-order valence-electron chi connectivity index (χ1n) is 5.50. The van der Waals surface area contributed by atoms with Crippen LogP contribution >= 0.6 is 11.6 Å². The fourth-order valence-electron chi connectivity index (χ4n) is 1.88. The Balaban J connectivity index is 2.29. The second kappa shape index (κ2) is 4.75. The summed E-state index contributed by atoms with van der Waals surface area (Å²) in [4.78, 5) is 7.75. The molecule has 4 nitrogen and oxygen atoms in total. The lowest BCUT2D eigenvalue weighted by Gasteiger charge is -2.09. The van der Waals surface area contributed by atoms with Crippen LogP contribution in [0.25, 0.3) is 16.7 Å². The van der Waals surface area contributed by atoms with Crippen LogP contribution in [0, 0.1) is 5.82 Å². The van der Waals surface area contributed by atoms with Gasteiger partial charge in [-0.1, -0.05) is 11.6 Å². The van der Waals surface area contributed by atoms with Gasteiger partial charge in [-0.25, -0.2) is 27.8 Å². The first kappa shape index (κ1) is 12.9. The molecule has 2 heterocycles. The van der Waals surface area contributed by atoms with Crippen LogP contribution < -0.4 is 0 Å². The van der Waals surface area contributed by atoms with Gasteiger partial charge in [-0.05, 0) is 18.2 Å². The lowest BCUT2D eigenvalue weighted by molar-refractivity contribution is 0.150. The summed E-state index contributed by atoms with van der Waals surface area (Å²) in [5, 5.41) is 4.57. The van der Waals surface area contributed by atoms with Crippen molar-refractivity contribution in [2.24, 2.45) is 0 Å². The third-order valence-corrected chi connectivity index (χ3v) is 3.07. The molecule has 0 unspecified atom stereocenters. The quantitative estimate of drug-likeness (QED) is 0.680. The van der Waals surface area contributed by atoms with E-state index in [4.69, 9.17) is 11.6 Å². The molecule has 0 aliphatic carbocycles. The molecule has 0 atom stereocenters. The Bertz CT molecular complexity index is 787. The zero-order chi connectivity index (χ0) is 14.3. The molecule has 0 bridgehead atoms. The standard InChI is InChI=1S/C12H6ClF3N4/c13-10-8-4-19-20(12(8)18-5-17-10)9-2-1-6(14)3-7(9)11(15)16/h1-5,11H. The average molecular weight is 299 g/mol. The highest BCUT2D eigenvalue weighted by atomic mass is 35.5. The summed E-state index contributed by atoms with van der Waals surface area (Å²) in [5.41, 5.74) is -0.144.